The maximum Gasteiger partial charge on any atom is 0.256 e. The van der Waals surface area contributed by atoms with Gasteiger partial charge in [-0.05, 0) is 44.2 Å². The van der Waals surface area contributed by atoms with Gasteiger partial charge in [-0.1, -0.05) is 12.1 Å². The van der Waals surface area contributed by atoms with Gasteiger partial charge in [0.1, 0.15) is 11.6 Å². The lowest BCUT2D eigenvalue weighted by Crippen LogP contribution is -2.39. The smallest absolute Gasteiger partial charge is 0.256 e. The van der Waals surface area contributed by atoms with E-state index in [4.69, 9.17) is 4.74 Å². The van der Waals surface area contributed by atoms with Gasteiger partial charge in [0.2, 0.25) is 0 Å². The van der Waals surface area contributed by atoms with E-state index < -0.39 is 5.82 Å². The number of amides is 1. The first-order chi connectivity index (χ1) is 13.1. The fraction of sp³-hybridized carbons (Fsp3) is 0.524. The molecule has 0 spiro atoms. The van der Waals surface area contributed by atoms with Crippen molar-refractivity contribution in [2.45, 2.75) is 39.2 Å². The fourth-order valence-electron chi connectivity index (χ4n) is 3.75. The van der Waals surface area contributed by atoms with E-state index in [1.165, 1.54) is 11.8 Å². The van der Waals surface area contributed by atoms with Crippen LogP contribution in [0.3, 0.4) is 0 Å². The van der Waals surface area contributed by atoms with E-state index in [-0.39, 0.29) is 11.5 Å². The van der Waals surface area contributed by atoms with Crippen molar-refractivity contribution in [1.82, 2.24) is 14.5 Å². The Morgan fingerprint density at radius 2 is 2.04 bits per heavy atom. The highest BCUT2D eigenvalue weighted by molar-refractivity contribution is 5.94. The summed E-state index contributed by atoms with van der Waals surface area (Å²) in [5, 5.41) is 0. The Hall–Kier alpha value is -2.21. The van der Waals surface area contributed by atoms with Crippen LogP contribution in [-0.2, 0) is 17.7 Å². The summed E-state index contributed by atoms with van der Waals surface area (Å²) in [4.78, 5) is 18.9. The van der Waals surface area contributed by atoms with Crippen molar-refractivity contribution >= 4 is 5.91 Å². The Balaban J connectivity index is 1.56. The molecule has 1 aliphatic heterocycles. The quantitative estimate of drug-likeness (QED) is 0.699. The molecule has 0 N–H and O–H groups in total. The summed E-state index contributed by atoms with van der Waals surface area (Å²) in [6.07, 6.45) is 5.66. The molecule has 0 atom stereocenters. The van der Waals surface area contributed by atoms with Crippen molar-refractivity contribution in [2.24, 2.45) is 5.92 Å². The van der Waals surface area contributed by atoms with Crippen molar-refractivity contribution < 1.29 is 13.9 Å². The number of rotatable bonds is 7. The lowest BCUT2D eigenvalue weighted by Gasteiger charge is -2.32. The highest BCUT2D eigenvalue weighted by Gasteiger charge is 2.26. The van der Waals surface area contributed by atoms with Crippen LogP contribution in [0.4, 0.5) is 4.39 Å². The predicted molar refractivity (Wildman–Crippen MR) is 102 cm³/mol. The van der Waals surface area contributed by atoms with E-state index in [2.05, 4.69) is 16.5 Å². The fourth-order valence-corrected chi connectivity index (χ4v) is 3.75. The molecule has 1 amide bonds. The van der Waals surface area contributed by atoms with Crippen LogP contribution >= 0.6 is 0 Å². The first-order valence-corrected chi connectivity index (χ1v) is 9.64. The number of likely N-dealkylation sites (tertiary alicyclic amines) is 1. The highest BCUT2D eigenvalue weighted by atomic mass is 19.1. The maximum atomic E-state index is 13.9. The zero-order valence-corrected chi connectivity index (χ0v) is 16.2. The summed E-state index contributed by atoms with van der Waals surface area (Å²) in [5.41, 5.74) is 1.34. The molecular weight excluding hydrogens is 345 g/mol. The van der Waals surface area contributed by atoms with Crippen molar-refractivity contribution in [2.75, 3.05) is 26.8 Å². The van der Waals surface area contributed by atoms with Crippen LogP contribution in [0.15, 0.2) is 30.5 Å². The van der Waals surface area contributed by atoms with E-state index in [9.17, 15) is 9.18 Å². The number of hydrogen-bond donors (Lipinski definition) is 0. The number of carbonyl (C=O) groups is 1. The number of aryl methyl sites for hydroxylation is 1. The number of nitrogens with zero attached hydrogens (tertiary/aromatic N) is 3. The largest absolute Gasteiger partial charge is 0.385 e. The Morgan fingerprint density at radius 3 is 2.74 bits per heavy atom. The average Bonchev–Trinajstić information content (AvgIpc) is 3.02. The number of benzene rings is 1. The first-order valence-electron chi connectivity index (χ1n) is 9.64. The molecule has 2 heterocycles. The third-order valence-electron chi connectivity index (χ3n) is 5.35. The SMILES string of the molecule is COCCCn1c(C)cnc1CC1CCN(C(=O)c2ccccc2F)CC1. The molecule has 2 aromatic rings. The van der Waals surface area contributed by atoms with Crippen LogP contribution in [0.2, 0.25) is 0 Å². The molecule has 0 radical (unpaired) electrons. The van der Waals surface area contributed by atoms with Crippen LogP contribution in [0, 0.1) is 18.7 Å². The summed E-state index contributed by atoms with van der Waals surface area (Å²) in [6.45, 7) is 5.08. The molecule has 1 aromatic carbocycles. The maximum absolute atomic E-state index is 13.9. The van der Waals surface area contributed by atoms with Gasteiger partial charge >= 0.3 is 0 Å². The second-order valence-electron chi connectivity index (χ2n) is 7.23. The van der Waals surface area contributed by atoms with E-state index in [1.807, 2.05) is 6.20 Å². The lowest BCUT2D eigenvalue weighted by molar-refractivity contribution is 0.0684. The van der Waals surface area contributed by atoms with Crippen LogP contribution in [-0.4, -0.2) is 47.2 Å². The molecule has 0 unspecified atom stereocenters. The number of carbonyl (C=O) groups excluding carboxylic acids is 1. The third-order valence-corrected chi connectivity index (χ3v) is 5.35. The number of ether oxygens (including phenoxy) is 1. The van der Waals surface area contributed by atoms with Crippen molar-refractivity contribution in [1.29, 1.82) is 0 Å². The van der Waals surface area contributed by atoms with Crippen LogP contribution in [0.1, 0.15) is 41.1 Å². The molecule has 1 saturated heterocycles. The lowest BCUT2D eigenvalue weighted by atomic mass is 9.92. The molecule has 0 saturated carbocycles. The van der Waals surface area contributed by atoms with Gasteiger partial charge in [0, 0.05) is 51.7 Å². The summed E-state index contributed by atoms with van der Waals surface area (Å²) in [7, 11) is 1.72. The zero-order valence-electron chi connectivity index (χ0n) is 16.2. The van der Waals surface area contributed by atoms with E-state index in [0.717, 1.165) is 44.7 Å². The van der Waals surface area contributed by atoms with E-state index in [0.29, 0.717) is 19.0 Å². The Morgan fingerprint density at radius 1 is 1.30 bits per heavy atom. The number of halogens is 1. The topological polar surface area (TPSA) is 47.4 Å². The minimum absolute atomic E-state index is 0.167. The Kier molecular flexibility index (Phi) is 6.61. The van der Waals surface area contributed by atoms with Crippen LogP contribution < -0.4 is 0 Å². The molecule has 0 aliphatic carbocycles. The average molecular weight is 373 g/mol. The normalized spacial score (nSPS) is 15.3. The highest BCUT2D eigenvalue weighted by Crippen LogP contribution is 2.23. The summed E-state index contributed by atoms with van der Waals surface area (Å²) >= 11 is 0. The van der Waals surface area contributed by atoms with Gasteiger partial charge < -0.3 is 14.2 Å². The van der Waals surface area contributed by atoms with E-state index >= 15 is 0 Å². The summed E-state index contributed by atoms with van der Waals surface area (Å²) in [5.74, 6) is 0.960. The van der Waals surface area contributed by atoms with Crippen molar-refractivity contribution in [3.05, 3.63) is 53.4 Å². The monoisotopic (exact) mass is 373 g/mol. The second kappa shape index (κ2) is 9.13. The van der Waals surface area contributed by atoms with Crippen LogP contribution in [0.25, 0.3) is 0 Å². The first kappa shape index (κ1) is 19.5. The van der Waals surface area contributed by atoms with E-state index in [1.54, 1.807) is 30.2 Å². The van der Waals surface area contributed by atoms with Crippen LogP contribution in [0.5, 0.6) is 0 Å². The molecule has 5 nitrogen and oxygen atoms in total. The number of imidazole rings is 1. The molecular formula is C21H28FN3O2. The molecule has 3 rings (SSSR count). The van der Waals surface area contributed by atoms with Gasteiger partial charge in [-0.15, -0.1) is 0 Å². The molecule has 146 valence electrons. The van der Waals surface area contributed by atoms with Gasteiger partial charge in [0.05, 0.1) is 5.56 Å². The van der Waals surface area contributed by atoms with Gasteiger partial charge in [0.25, 0.3) is 5.91 Å². The number of aromatic nitrogens is 2. The molecule has 1 fully saturated rings. The minimum atomic E-state index is -0.446. The third kappa shape index (κ3) is 4.75. The molecule has 27 heavy (non-hydrogen) atoms. The standard InChI is InChI=1S/C21H28FN3O2/c1-16-15-23-20(25(16)10-5-13-27-2)14-17-8-11-24(12-9-17)21(26)18-6-3-4-7-19(18)22/h3-4,6-7,15,17H,5,8-14H2,1-2H3. The number of hydrogen-bond acceptors (Lipinski definition) is 3. The molecule has 1 aromatic heterocycles. The second-order valence-corrected chi connectivity index (χ2v) is 7.23. The van der Waals surface area contributed by atoms with Gasteiger partial charge in [-0.3, -0.25) is 4.79 Å². The van der Waals surface area contributed by atoms with Crippen molar-refractivity contribution in [3.63, 3.8) is 0 Å². The number of piperidine rings is 1. The summed E-state index contributed by atoms with van der Waals surface area (Å²) < 4.78 is 21.3. The van der Waals surface area contributed by atoms with Gasteiger partial charge in [-0.2, -0.15) is 0 Å². The summed E-state index contributed by atoms with van der Waals surface area (Å²) in [6, 6.07) is 6.21. The minimum Gasteiger partial charge on any atom is -0.385 e. The zero-order chi connectivity index (χ0) is 19.2. The molecule has 0 bridgehead atoms. The van der Waals surface area contributed by atoms with Gasteiger partial charge in [-0.25, -0.2) is 9.37 Å². The molecule has 6 heteroatoms. The Bertz CT molecular complexity index is 767. The van der Waals surface area contributed by atoms with Gasteiger partial charge in [0.15, 0.2) is 0 Å². The Labute approximate surface area is 160 Å². The van der Waals surface area contributed by atoms with Crippen molar-refractivity contribution in [3.8, 4) is 0 Å². The predicted octanol–water partition coefficient (Wildman–Crippen LogP) is 3.46. The molecule has 1 aliphatic rings. The number of methoxy groups -OCH3 is 1.